The Balaban J connectivity index is -0.0000000886. The molecular formula is CrN2O8. The third-order valence-corrected chi connectivity index (χ3v) is 0. The van der Waals surface area contributed by atoms with Gasteiger partial charge in [-0.3, -0.25) is 0 Å². The van der Waals surface area contributed by atoms with Crippen LogP contribution in [0.25, 0.3) is 0 Å². The van der Waals surface area contributed by atoms with Crippen LogP contribution in [0, 0.1) is 30.6 Å². The van der Waals surface area contributed by atoms with Crippen molar-refractivity contribution in [2.75, 3.05) is 0 Å². The molecule has 10 nitrogen and oxygen atoms in total. The fourth-order valence-corrected chi connectivity index (χ4v) is 0. The Kier molecular flexibility index (Phi) is 23.4. The Morgan fingerprint density at radius 2 is 0.818 bits per heavy atom. The molecule has 0 N–H and O–H groups in total. The maximum atomic E-state index is 8.44. The number of hydrogen-bond acceptors (Lipinski definition) is 8. The standard InChI is InChI=1S/Cr.2NO3.2O/c;2*2-1(3)4;;/q+2;2*-1;;. The molecule has 0 heterocycles. The molecule has 11 heteroatoms. The molecule has 64 valence electrons. The molecule has 0 aromatic heterocycles. The first kappa shape index (κ1) is 16.3. The van der Waals surface area contributed by atoms with Gasteiger partial charge in [-0.1, -0.05) is 0 Å². The Bertz CT molecular complexity index is 124. The molecule has 0 rings (SSSR count). The summed E-state index contributed by atoms with van der Waals surface area (Å²) in [5.74, 6) is 0. The molecule has 0 saturated heterocycles. The van der Waals surface area contributed by atoms with Gasteiger partial charge in [0.1, 0.15) is 0 Å². The molecule has 0 atom stereocenters. The Labute approximate surface area is 64.4 Å². The fourth-order valence-electron chi connectivity index (χ4n) is 0. The van der Waals surface area contributed by atoms with Crippen molar-refractivity contribution >= 4 is 0 Å². The molecule has 0 fully saturated rings. The van der Waals surface area contributed by atoms with Crippen molar-refractivity contribution in [3.05, 3.63) is 30.6 Å². The van der Waals surface area contributed by atoms with Crippen LogP contribution in [0.1, 0.15) is 0 Å². The zero-order valence-corrected chi connectivity index (χ0v) is 5.84. The summed E-state index contributed by atoms with van der Waals surface area (Å²) in [6.45, 7) is 0. The molecule has 0 aliphatic carbocycles. The van der Waals surface area contributed by atoms with E-state index in [1.54, 1.807) is 0 Å². The average molecular weight is 208 g/mol. The van der Waals surface area contributed by atoms with Gasteiger partial charge in [-0.25, -0.2) is 0 Å². The van der Waals surface area contributed by atoms with Crippen molar-refractivity contribution in [1.29, 1.82) is 0 Å². The van der Waals surface area contributed by atoms with E-state index in [9.17, 15) is 0 Å². The van der Waals surface area contributed by atoms with Crippen LogP contribution in [-0.2, 0) is 22.7 Å². The molecule has 0 spiro atoms. The summed E-state index contributed by atoms with van der Waals surface area (Å²) in [5.41, 5.74) is 0. The monoisotopic (exact) mass is 208 g/mol. The van der Waals surface area contributed by atoms with Crippen LogP contribution in [0.5, 0.6) is 0 Å². The Morgan fingerprint density at radius 3 is 0.818 bits per heavy atom. The summed E-state index contributed by atoms with van der Waals surface area (Å²) in [7, 11) is 0. The molecule has 0 unspecified atom stereocenters. The SMILES string of the molecule is O=[N+]([O-])[O-].O=[N+]([O-])[O-].[O]=[Cr+2]=[O]. The fraction of sp³-hybridized carbons (Fsp3) is 0. The van der Waals surface area contributed by atoms with Gasteiger partial charge >= 0.3 is 22.7 Å². The molecule has 0 saturated carbocycles. The van der Waals surface area contributed by atoms with Gasteiger partial charge in [0.05, 0.1) is 10.2 Å². The van der Waals surface area contributed by atoms with E-state index in [2.05, 4.69) is 0 Å². The van der Waals surface area contributed by atoms with E-state index < -0.39 is 25.3 Å². The minimum atomic E-state index is -1.75. The van der Waals surface area contributed by atoms with Crippen LogP contribution in [0.3, 0.4) is 0 Å². The van der Waals surface area contributed by atoms with E-state index in [1.807, 2.05) is 0 Å². The van der Waals surface area contributed by atoms with Gasteiger partial charge in [-0.2, -0.15) is 0 Å². The summed E-state index contributed by atoms with van der Waals surface area (Å²) in [4.78, 5) is 16.5. The molecule has 0 bridgehead atoms. The molecule has 0 amide bonds. The Hall–Kier alpha value is -1.47. The second-order valence-electron chi connectivity index (χ2n) is 0.515. The quantitative estimate of drug-likeness (QED) is 0.371. The van der Waals surface area contributed by atoms with Gasteiger partial charge in [0, 0.05) is 0 Å². The van der Waals surface area contributed by atoms with Gasteiger partial charge in [-0.15, -0.1) is 0 Å². The first-order valence-corrected chi connectivity index (χ1v) is 2.47. The van der Waals surface area contributed by atoms with Crippen molar-refractivity contribution < 1.29 is 32.9 Å². The van der Waals surface area contributed by atoms with Crippen LogP contribution < -0.4 is 0 Å². The molecule has 0 aromatic rings. The van der Waals surface area contributed by atoms with E-state index in [0.717, 1.165) is 0 Å². The molecule has 0 aliphatic heterocycles. The summed E-state index contributed by atoms with van der Waals surface area (Å²) >= 11 is -1.62. The third kappa shape index (κ3) is 169. The number of hydrogen-bond donors (Lipinski definition) is 0. The molecule has 0 radical (unpaired) electrons. The van der Waals surface area contributed by atoms with E-state index in [-0.39, 0.29) is 0 Å². The second-order valence-corrected chi connectivity index (χ2v) is 0.728. The predicted octanol–water partition coefficient (Wildman–Crippen LogP) is -0.718. The van der Waals surface area contributed by atoms with Crippen LogP contribution in [0.15, 0.2) is 0 Å². The van der Waals surface area contributed by atoms with Crippen molar-refractivity contribution in [2.24, 2.45) is 0 Å². The van der Waals surface area contributed by atoms with Gasteiger partial charge in [-0.05, 0) is 0 Å². The van der Waals surface area contributed by atoms with Gasteiger partial charge in [0.15, 0.2) is 0 Å². The number of rotatable bonds is 0. The van der Waals surface area contributed by atoms with E-state index in [0.29, 0.717) is 0 Å². The molecule has 0 aliphatic rings. The van der Waals surface area contributed by atoms with Crippen molar-refractivity contribution in [2.45, 2.75) is 0 Å². The second kappa shape index (κ2) is 15.8. The molecular weight excluding hydrogens is 208 g/mol. The topological polar surface area (TPSA) is 167 Å². The van der Waals surface area contributed by atoms with Gasteiger partial charge < -0.3 is 30.6 Å². The van der Waals surface area contributed by atoms with Crippen molar-refractivity contribution in [3.63, 3.8) is 0 Å². The molecule has 0 aromatic carbocycles. The minimum absolute atomic E-state index is 1.62. The average Bonchev–Trinajstić information content (AvgIpc) is 1.60. The zero-order valence-electron chi connectivity index (χ0n) is 4.57. The maximum absolute atomic E-state index is 8.44. The van der Waals surface area contributed by atoms with E-state index in [4.69, 9.17) is 38.2 Å². The summed E-state index contributed by atoms with van der Waals surface area (Å²) in [5, 5.41) is 29.5. The summed E-state index contributed by atoms with van der Waals surface area (Å²) < 4.78 is 16.9. The first-order chi connectivity index (χ1) is 4.88. The summed E-state index contributed by atoms with van der Waals surface area (Å²) in [6, 6.07) is 0. The first-order valence-electron chi connectivity index (χ1n) is 1.43. The van der Waals surface area contributed by atoms with Crippen molar-refractivity contribution in [3.8, 4) is 0 Å². The third-order valence-electron chi connectivity index (χ3n) is 0. The van der Waals surface area contributed by atoms with Crippen LogP contribution in [-0.4, -0.2) is 10.2 Å². The number of nitrogens with zero attached hydrogens (tertiary/aromatic N) is 2. The van der Waals surface area contributed by atoms with Crippen LogP contribution in [0.2, 0.25) is 0 Å². The van der Waals surface area contributed by atoms with Crippen LogP contribution >= 0.6 is 0 Å². The van der Waals surface area contributed by atoms with Gasteiger partial charge in [0.2, 0.25) is 0 Å². The van der Waals surface area contributed by atoms with Gasteiger partial charge in [0.25, 0.3) is 0 Å². The Morgan fingerprint density at radius 1 is 0.818 bits per heavy atom. The van der Waals surface area contributed by atoms with Crippen LogP contribution in [0.4, 0.5) is 0 Å². The van der Waals surface area contributed by atoms with Crippen molar-refractivity contribution in [1.82, 2.24) is 0 Å². The van der Waals surface area contributed by atoms with E-state index >= 15 is 0 Å². The normalized spacial score (nSPS) is 5.09. The van der Waals surface area contributed by atoms with E-state index in [1.165, 1.54) is 0 Å². The predicted molar refractivity (Wildman–Crippen MR) is 22.1 cm³/mol. The molecule has 11 heavy (non-hydrogen) atoms. The zero-order chi connectivity index (χ0) is 9.86. The summed E-state index contributed by atoms with van der Waals surface area (Å²) in [6.07, 6.45) is 0.